The van der Waals surface area contributed by atoms with E-state index in [-0.39, 0.29) is 0 Å². The van der Waals surface area contributed by atoms with E-state index in [1.165, 1.54) is 44.9 Å². The molecule has 3 heteroatoms. The fraction of sp³-hybridized carbons (Fsp3) is 0.923. The summed E-state index contributed by atoms with van der Waals surface area (Å²) in [5.74, 6) is 0.865. The van der Waals surface area contributed by atoms with Crippen molar-refractivity contribution < 1.29 is 0 Å². The van der Waals surface area contributed by atoms with E-state index in [1.54, 1.807) is 0 Å². The molecule has 16 heavy (non-hydrogen) atoms. The Morgan fingerprint density at radius 2 is 2.00 bits per heavy atom. The summed E-state index contributed by atoms with van der Waals surface area (Å²) in [6.07, 6.45) is 9.46. The van der Waals surface area contributed by atoms with Crippen LogP contribution in [0.3, 0.4) is 0 Å². The predicted molar refractivity (Wildman–Crippen MR) is 74.7 cm³/mol. The second-order valence-corrected chi connectivity index (χ2v) is 5.36. The Bertz CT molecular complexity index is 200. The largest absolute Gasteiger partial charge is 0.363 e. The van der Waals surface area contributed by atoms with Crippen LogP contribution in [0.1, 0.15) is 51.9 Å². The summed E-state index contributed by atoms with van der Waals surface area (Å²) in [4.78, 5) is 2.22. The van der Waals surface area contributed by atoms with E-state index in [0.29, 0.717) is 0 Å². The van der Waals surface area contributed by atoms with Crippen LogP contribution in [0.5, 0.6) is 0 Å². The third-order valence-corrected chi connectivity index (χ3v) is 3.87. The van der Waals surface area contributed by atoms with Gasteiger partial charge in [-0.05, 0) is 37.4 Å². The highest BCUT2D eigenvalue weighted by molar-refractivity contribution is 7.80. The van der Waals surface area contributed by atoms with Gasteiger partial charge in [-0.1, -0.05) is 32.6 Å². The topological polar surface area (TPSA) is 15.3 Å². The number of hydrogen-bond acceptors (Lipinski definition) is 1. The van der Waals surface area contributed by atoms with Gasteiger partial charge in [-0.3, -0.25) is 0 Å². The molecule has 0 unspecified atom stereocenters. The third-order valence-electron chi connectivity index (χ3n) is 3.41. The summed E-state index contributed by atoms with van der Waals surface area (Å²) >= 11 is 5.37. The van der Waals surface area contributed by atoms with Crippen LogP contribution in [0.2, 0.25) is 0 Å². The highest BCUT2D eigenvalue weighted by Crippen LogP contribution is 2.23. The second kappa shape index (κ2) is 7.88. The molecule has 2 nitrogen and oxygen atoms in total. The maximum absolute atomic E-state index is 5.37. The number of unbranched alkanes of at least 4 members (excludes halogenated alkanes) is 1. The Hall–Kier alpha value is -0.310. The summed E-state index contributed by atoms with van der Waals surface area (Å²) in [5, 5.41) is 4.26. The van der Waals surface area contributed by atoms with Crippen LogP contribution in [0.4, 0.5) is 0 Å². The first kappa shape index (κ1) is 13.8. The lowest BCUT2D eigenvalue weighted by molar-refractivity contribution is 0.294. The van der Waals surface area contributed by atoms with Crippen LogP contribution < -0.4 is 5.32 Å². The molecule has 0 radical (unpaired) electrons. The van der Waals surface area contributed by atoms with Crippen LogP contribution in [-0.4, -0.2) is 30.1 Å². The van der Waals surface area contributed by atoms with Crippen molar-refractivity contribution in [2.45, 2.75) is 51.9 Å². The molecule has 1 saturated carbocycles. The zero-order valence-corrected chi connectivity index (χ0v) is 11.6. The first-order valence-corrected chi connectivity index (χ1v) is 7.13. The van der Waals surface area contributed by atoms with E-state index in [1.807, 2.05) is 0 Å². The molecule has 1 fully saturated rings. The number of hydrogen-bond donors (Lipinski definition) is 1. The molecule has 0 bridgehead atoms. The molecule has 1 N–H and O–H groups in total. The van der Waals surface area contributed by atoms with Crippen molar-refractivity contribution >= 4 is 17.3 Å². The van der Waals surface area contributed by atoms with Gasteiger partial charge in [0.1, 0.15) is 0 Å². The normalized spacial score (nSPS) is 17.1. The van der Waals surface area contributed by atoms with Gasteiger partial charge in [0, 0.05) is 20.1 Å². The Morgan fingerprint density at radius 3 is 2.62 bits per heavy atom. The average Bonchev–Trinajstić information content (AvgIpc) is 2.30. The Labute approximate surface area is 106 Å². The second-order valence-electron chi connectivity index (χ2n) is 4.97. The van der Waals surface area contributed by atoms with Crippen molar-refractivity contribution in [2.24, 2.45) is 5.92 Å². The molecule has 0 atom stereocenters. The molecule has 0 spiro atoms. The lowest BCUT2D eigenvalue weighted by atomic mass is 9.89. The van der Waals surface area contributed by atoms with Gasteiger partial charge in [0.2, 0.25) is 0 Å². The van der Waals surface area contributed by atoms with E-state index in [0.717, 1.165) is 24.1 Å². The van der Waals surface area contributed by atoms with Crippen LogP contribution in [0, 0.1) is 5.92 Å². The fourth-order valence-electron chi connectivity index (χ4n) is 2.35. The van der Waals surface area contributed by atoms with Crippen molar-refractivity contribution in [3.8, 4) is 0 Å². The Kier molecular flexibility index (Phi) is 6.78. The molecular weight excluding hydrogens is 216 g/mol. The van der Waals surface area contributed by atoms with Gasteiger partial charge in [-0.25, -0.2) is 0 Å². The summed E-state index contributed by atoms with van der Waals surface area (Å²) in [6, 6.07) is 0. The van der Waals surface area contributed by atoms with Gasteiger partial charge < -0.3 is 10.2 Å². The van der Waals surface area contributed by atoms with E-state index < -0.39 is 0 Å². The third kappa shape index (κ3) is 5.15. The zero-order valence-electron chi connectivity index (χ0n) is 10.8. The summed E-state index contributed by atoms with van der Waals surface area (Å²) in [7, 11) is 2.12. The highest BCUT2D eigenvalue weighted by Gasteiger charge is 2.16. The number of thiocarbonyl (C=S) groups is 1. The molecule has 1 aliphatic rings. The van der Waals surface area contributed by atoms with E-state index in [4.69, 9.17) is 12.2 Å². The van der Waals surface area contributed by atoms with Crippen molar-refractivity contribution in [1.29, 1.82) is 0 Å². The number of rotatable bonds is 5. The van der Waals surface area contributed by atoms with Crippen molar-refractivity contribution in [2.75, 3.05) is 20.1 Å². The standard InChI is InChI=1S/C13H26N2S/c1-3-4-10-14-13(16)15(2)11-12-8-6-5-7-9-12/h12H,3-11H2,1-2H3,(H,14,16). The van der Waals surface area contributed by atoms with Crippen LogP contribution in [-0.2, 0) is 0 Å². The number of nitrogens with one attached hydrogen (secondary N) is 1. The smallest absolute Gasteiger partial charge is 0.168 e. The first-order valence-electron chi connectivity index (χ1n) is 6.73. The maximum atomic E-state index is 5.37. The zero-order chi connectivity index (χ0) is 11.8. The minimum Gasteiger partial charge on any atom is -0.363 e. The van der Waals surface area contributed by atoms with Gasteiger partial charge in [0.15, 0.2) is 5.11 Å². The van der Waals surface area contributed by atoms with Crippen molar-refractivity contribution in [1.82, 2.24) is 10.2 Å². The lowest BCUT2D eigenvalue weighted by Crippen LogP contribution is -2.40. The molecule has 94 valence electrons. The van der Waals surface area contributed by atoms with Gasteiger partial charge in [-0.2, -0.15) is 0 Å². The quantitative estimate of drug-likeness (QED) is 0.589. The minimum absolute atomic E-state index is 0.865. The lowest BCUT2D eigenvalue weighted by Gasteiger charge is -2.28. The molecule has 0 heterocycles. The SMILES string of the molecule is CCCCNC(=S)N(C)CC1CCCCC1. The van der Waals surface area contributed by atoms with Crippen LogP contribution in [0.15, 0.2) is 0 Å². The maximum Gasteiger partial charge on any atom is 0.168 e. The van der Waals surface area contributed by atoms with Gasteiger partial charge in [0.25, 0.3) is 0 Å². The van der Waals surface area contributed by atoms with E-state index >= 15 is 0 Å². The summed E-state index contributed by atoms with van der Waals surface area (Å²) in [6.45, 7) is 4.36. The van der Waals surface area contributed by atoms with Crippen LogP contribution in [0.25, 0.3) is 0 Å². The summed E-state index contributed by atoms with van der Waals surface area (Å²) in [5.41, 5.74) is 0. The van der Waals surface area contributed by atoms with E-state index in [9.17, 15) is 0 Å². The molecule has 0 amide bonds. The van der Waals surface area contributed by atoms with Gasteiger partial charge in [-0.15, -0.1) is 0 Å². The van der Waals surface area contributed by atoms with Crippen molar-refractivity contribution in [3.63, 3.8) is 0 Å². The molecule has 0 aromatic heterocycles. The molecule has 0 aromatic carbocycles. The Balaban J connectivity index is 2.16. The van der Waals surface area contributed by atoms with Crippen molar-refractivity contribution in [3.05, 3.63) is 0 Å². The monoisotopic (exact) mass is 242 g/mol. The van der Waals surface area contributed by atoms with Crippen LogP contribution >= 0.6 is 12.2 Å². The van der Waals surface area contributed by atoms with Gasteiger partial charge >= 0.3 is 0 Å². The van der Waals surface area contributed by atoms with E-state index in [2.05, 4.69) is 24.2 Å². The summed E-state index contributed by atoms with van der Waals surface area (Å²) < 4.78 is 0. The van der Waals surface area contributed by atoms with Gasteiger partial charge in [0.05, 0.1) is 0 Å². The first-order chi connectivity index (χ1) is 7.74. The average molecular weight is 242 g/mol. The molecule has 1 rings (SSSR count). The highest BCUT2D eigenvalue weighted by atomic mass is 32.1. The fourth-order valence-corrected chi connectivity index (χ4v) is 2.52. The molecule has 0 aliphatic heterocycles. The predicted octanol–water partition coefficient (Wildman–Crippen LogP) is 3.17. The molecule has 0 saturated heterocycles. The minimum atomic E-state index is 0.865. The molecular formula is C13H26N2S. The Morgan fingerprint density at radius 1 is 1.31 bits per heavy atom. The molecule has 1 aliphatic carbocycles. The number of nitrogens with zero attached hydrogens (tertiary/aromatic N) is 1. The molecule has 0 aromatic rings.